The highest BCUT2D eigenvalue weighted by atomic mass is 32.2. The highest BCUT2D eigenvalue weighted by Gasteiger charge is 2.30. The first-order valence-electron chi connectivity index (χ1n) is 4.31. The number of carbonyl (C=O) groups is 1. The molecule has 0 bridgehead atoms. The van der Waals surface area contributed by atoms with Crippen LogP contribution in [0.15, 0.2) is 28.0 Å². The number of carbonyl (C=O) groups excluding carboxylic acids is 1. The molecule has 0 spiro atoms. The van der Waals surface area contributed by atoms with E-state index >= 15 is 0 Å². The van der Waals surface area contributed by atoms with E-state index in [4.69, 9.17) is 0 Å². The summed E-state index contributed by atoms with van der Waals surface area (Å²) in [5.74, 6) is 0. The molecule has 0 heterocycles. The van der Waals surface area contributed by atoms with Gasteiger partial charge in [0.25, 0.3) is 0 Å². The zero-order chi connectivity index (χ0) is 13.1. The number of aryl methyl sites for hydroxylation is 1. The second-order valence-electron chi connectivity index (χ2n) is 2.98. The topological polar surface area (TPSA) is 46.2 Å². The van der Waals surface area contributed by atoms with Crippen LogP contribution in [0.5, 0.6) is 0 Å². The van der Waals surface area contributed by atoms with Gasteiger partial charge in [-0.1, -0.05) is 6.07 Å². The van der Waals surface area contributed by atoms with Crippen molar-refractivity contribution in [2.45, 2.75) is 22.2 Å². The van der Waals surface area contributed by atoms with E-state index < -0.39 is 16.5 Å². The first kappa shape index (κ1) is 14.0. The largest absolute Gasteiger partial charge is 0.446 e. The lowest BCUT2D eigenvalue weighted by Crippen LogP contribution is -2.14. The number of hydrogen-bond donors (Lipinski definition) is 1. The molecule has 1 aromatic rings. The highest BCUT2D eigenvalue weighted by Crippen LogP contribution is 2.38. The second-order valence-corrected chi connectivity index (χ2v) is 5.33. The van der Waals surface area contributed by atoms with E-state index in [-0.39, 0.29) is 28.0 Å². The van der Waals surface area contributed by atoms with Gasteiger partial charge in [0.1, 0.15) is 0 Å². The Kier molecular flexibility index (Phi) is 4.58. The van der Waals surface area contributed by atoms with Gasteiger partial charge in [0.15, 0.2) is 11.0 Å². The van der Waals surface area contributed by atoms with Crippen LogP contribution in [0.25, 0.3) is 0 Å². The molecule has 1 unspecified atom stereocenters. The summed E-state index contributed by atoms with van der Waals surface area (Å²) in [6, 6.07) is 3.98. The van der Waals surface area contributed by atoms with Gasteiger partial charge in [-0.2, -0.15) is 13.2 Å². The smallest absolute Gasteiger partial charge is 0.278 e. The van der Waals surface area contributed by atoms with Gasteiger partial charge < -0.3 is 0 Å². The van der Waals surface area contributed by atoms with Crippen LogP contribution in [0.1, 0.15) is 5.56 Å². The molecule has 0 saturated carbocycles. The highest BCUT2D eigenvalue weighted by molar-refractivity contribution is 8.00. The summed E-state index contributed by atoms with van der Waals surface area (Å²) >= 11 is -0.274. The predicted molar refractivity (Wildman–Crippen MR) is 58.7 cm³/mol. The van der Waals surface area contributed by atoms with Gasteiger partial charge in [-0.05, 0) is 36.4 Å². The standard InChI is InChI=1S/C9H8F3NO2S2/c1-6-2-3-7(17(15)13-5-14)4-8(6)16-9(10,11)12/h2-5H,1H3,(H,13,14). The molecule has 8 heteroatoms. The van der Waals surface area contributed by atoms with E-state index in [1.165, 1.54) is 19.1 Å². The number of benzene rings is 1. The average Bonchev–Trinajstić information content (AvgIpc) is 2.19. The molecule has 3 nitrogen and oxygen atoms in total. The monoisotopic (exact) mass is 283 g/mol. The van der Waals surface area contributed by atoms with Gasteiger partial charge in [-0.25, -0.2) is 4.21 Å². The lowest BCUT2D eigenvalue weighted by Gasteiger charge is -2.09. The Morgan fingerprint density at radius 2 is 2.06 bits per heavy atom. The molecule has 1 rings (SSSR count). The summed E-state index contributed by atoms with van der Waals surface area (Å²) in [5, 5.41) is 0. The predicted octanol–water partition coefficient (Wildman–Crippen LogP) is 2.38. The fourth-order valence-electron chi connectivity index (χ4n) is 1.04. The van der Waals surface area contributed by atoms with Gasteiger partial charge >= 0.3 is 5.51 Å². The number of hydrogen-bond acceptors (Lipinski definition) is 3. The molecule has 17 heavy (non-hydrogen) atoms. The summed E-state index contributed by atoms with van der Waals surface area (Å²) in [4.78, 5) is 10.2. The molecule has 94 valence electrons. The van der Waals surface area contributed by atoms with E-state index in [0.29, 0.717) is 5.56 Å². The van der Waals surface area contributed by atoms with Crippen LogP contribution in [0.2, 0.25) is 0 Å². The van der Waals surface area contributed by atoms with E-state index in [9.17, 15) is 22.2 Å². The fourth-order valence-corrected chi connectivity index (χ4v) is 2.42. The van der Waals surface area contributed by atoms with Crippen molar-refractivity contribution in [2.75, 3.05) is 0 Å². The van der Waals surface area contributed by atoms with Crippen molar-refractivity contribution in [1.29, 1.82) is 0 Å². The van der Waals surface area contributed by atoms with Crippen molar-refractivity contribution < 1.29 is 22.2 Å². The fraction of sp³-hybridized carbons (Fsp3) is 0.222. The summed E-state index contributed by atoms with van der Waals surface area (Å²) < 4.78 is 50.0. The maximum absolute atomic E-state index is 12.2. The minimum Gasteiger partial charge on any atom is -0.278 e. The van der Waals surface area contributed by atoms with Crippen molar-refractivity contribution in [2.24, 2.45) is 0 Å². The van der Waals surface area contributed by atoms with Crippen LogP contribution in [0, 0.1) is 6.92 Å². The molecular formula is C9H8F3NO2S2. The molecule has 0 fully saturated rings. The number of rotatable bonds is 4. The van der Waals surface area contributed by atoms with Crippen LogP contribution < -0.4 is 4.72 Å². The molecule has 1 aromatic carbocycles. The van der Waals surface area contributed by atoms with Crippen molar-refractivity contribution in [3.05, 3.63) is 23.8 Å². The van der Waals surface area contributed by atoms with Gasteiger partial charge in [0, 0.05) is 4.90 Å². The van der Waals surface area contributed by atoms with Crippen LogP contribution in [-0.2, 0) is 15.8 Å². The van der Waals surface area contributed by atoms with Gasteiger partial charge in [-0.15, -0.1) is 0 Å². The van der Waals surface area contributed by atoms with Crippen molar-refractivity contribution in [3.8, 4) is 0 Å². The number of amides is 1. The van der Waals surface area contributed by atoms with Gasteiger partial charge in [-0.3, -0.25) is 9.52 Å². The Hall–Kier alpha value is -1.02. The van der Waals surface area contributed by atoms with Crippen molar-refractivity contribution in [3.63, 3.8) is 0 Å². The Bertz CT molecular complexity index is 448. The average molecular weight is 283 g/mol. The van der Waals surface area contributed by atoms with Crippen molar-refractivity contribution in [1.82, 2.24) is 4.72 Å². The molecule has 1 N–H and O–H groups in total. The Morgan fingerprint density at radius 1 is 1.41 bits per heavy atom. The summed E-state index contributed by atoms with van der Waals surface area (Å²) in [6.45, 7) is 1.52. The van der Waals surface area contributed by atoms with Gasteiger partial charge in [0.05, 0.1) is 4.90 Å². The third-order valence-electron chi connectivity index (χ3n) is 1.75. The first-order chi connectivity index (χ1) is 7.83. The first-order valence-corrected chi connectivity index (χ1v) is 6.28. The Balaban J connectivity index is 3.02. The minimum absolute atomic E-state index is 0.0314. The maximum atomic E-state index is 12.2. The van der Waals surface area contributed by atoms with E-state index in [0.717, 1.165) is 6.07 Å². The van der Waals surface area contributed by atoms with E-state index in [1.54, 1.807) is 0 Å². The third kappa shape index (κ3) is 4.39. The molecule has 1 amide bonds. The summed E-state index contributed by atoms with van der Waals surface area (Å²) in [5.41, 5.74) is -3.97. The van der Waals surface area contributed by atoms with E-state index in [2.05, 4.69) is 0 Å². The molecule has 0 radical (unpaired) electrons. The van der Waals surface area contributed by atoms with Gasteiger partial charge in [0.2, 0.25) is 6.41 Å². The Morgan fingerprint density at radius 3 is 2.59 bits per heavy atom. The maximum Gasteiger partial charge on any atom is 0.446 e. The number of halogens is 3. The second kappa shape index (κ2) is 5.54. The SMILES string of the molecule is Cc1ccc(S(=O)NC=O)cc1SC(F)(F)F. The zero-order valence-electron chi connectivity index (χ0n) is 8.58. The lowest BCUT2D eigenvalue weighted by molar-refractivity contribution is -0.108. The van der Waals surface area contributed by atoms with E-state index in [1.807, 2.05) is 4.72 Å². The van der Waals surface area contributed by atoms with Crippen LogP contribution in [0.4, 0.5) is 13.2 Å². The molecule has 0 aliphatic heterocycles. The summed E-state index contributed by atoms with van der Waals surface area (Å²) in [6.07, 6.45) is 0.229. The lowest BCUT2D eigenvalue weighted by atomic mass is 10.2. The zero-order valence-corrected chi connectivity index (χ0v) is 10.2. The quantitative estimate of drug-likeness (QED) is 0.681. The molecule has 0 aromatic heterocycles. The van der Waals surface area contributed by atoms with Crippen LogP contribution in [0.3, 0.4) is 0 Å². The normalized spacial score (nSPS) is 13.2. The molecule has 0 aliphatic carbocycles. The Labute approximate surface area is 102 Å². The number of nitrogens with one attached hydrogen (secondary N) is 1. The minimum atomic E-state index is -4.40. The number of thioether (sulfide) groups is 1. The molecule has 1 atom stereocenters. The van der Waals surface area contributed by atoms with Crippen LogP contribution in [-0.4, -0.2) is 16.1 Å². The molecule has 0 saturated heterocycles. The number of alkyl halides is 3. The molecular weight excluding hydrogens is 275 g/mol. The van der Waals surface area contributed by atoms with Crippen molar-refractivity contribution >= 4 is 29.2 Å². The summed E-state index contributed by atoms with van der Waals surface area (Å²) in [7, 11) is -1.83. The molecule has 0 aliphatic rings. The van der Waals surface area contributed by atoms with Crippen LogP contribution >= 0.6 is 11.8 Å². The third-order valence-corrected chi connectivity index (χ3v) is 3.64.